The normalized spacial score (nSPS) is 11.6. The summed E-state index contributed by atoms with van der Waals surface area (Å²) in [6.07, 6.45) is 11.9. The van der Waals surface area contributed by atoms with Crippen LogP contribution in [-0.2, 0) is 6.61 Å². The van der Waals surface area contributed by atoms with Crippen LogP contribution in [0.3, 0.4) is 0 Å². The fraction of sp³-hybridized carbons (Fsp3) is 0.0370. The minimum Gasteiger partial charge on any atom is -0.473 e. The standard InChI is InChI=1S/C27H22N4O/c1-2-8-22(19-32-27-11-5-6-16-28-27)20(7-1)12-14-23-17-24(31-30-23)15-13-21-18-29-26-10-4-3-9-25(21)26/h1-18,29H,19H2,(H,30,31)/b14-12+,15-13+. The van der Waals surface area contributed by atoms with Crippen molar-refractivity contribution in [1.82, 2.24) is 20.2 Å². The number of aromatic amines is 2. The molecule has 3 heterocycles. The highest BCUT2D eigenvalue weighted by Gasteiger charge is 2.03. The lowest BCUT2D eigenvalue weighted by Gasteiger charge is -2.07. The number of aromatic nitrogens is 4. The van der Waals surface area contributed by atoms with Gasteiger partial charge in [-0.2, -0.15) is 5.10 Å². The van der Waals surface area contributed by atoms with E-state index in [1.54, 1.807) is 6.20 Å². The summed E-state index contributed by atoms with van der Waals surface area (Å²) >= 11 is 0. The first-order valence-electron chi connectivity index (χ1n) is 10.4. The quantitative estimate of drug-likeness (QED) is 0.330. The lowest BCUT2D eigenvalue weighted by molar-refractivity contribution is 0.293. The number of rotatable bonds is 7. The van der Waals surface area contributed by atoms with Gasteiger partial charge in [0.05, 0.1) is 11.4 Å². The smallest absolute Gasteiger partial charge is 0.213 e. The third-order valence-electron chi connectivity index (χ3n) is 5.18. The van der Waals surface area contributed by atoms with Crippen LogP contribution in [0.5, 0.6) is 5.88 Å². The van der Waals surface area contributed by atoms with Gasteiger partial charge in [0.1, 0.15) is 6.61 Å². The summed E-state index contributed by atoms with van der Waals surface area (Å²) < 4.78 is 5.81. The van der Waals surface area contributed by atoms with Crippen LogP contribution in [-0.4, -0.2) is 20.2 Å². The third kappa shape index (κ3) is 4.52. The Morgan fingerprint density at radius 2 is 1.66 bits per heavy atom. The SMILES string of the molecule is C(=C\c1c[nH]c2ccccc12)/c1cc(/C=C/c2ccccc2COc2ccccn2)[nH]n1. The maximum atomic E-state index is 5.81. The van der Waals surface area contributed by atoms with Gasteiger partial charge in [0, 0.05) is 29.4 Å². The van der Waals surface area contributed by atoms with Crippen molar-refractivity contribution >= 4 is 35.2 Å². The Labute approximate surface area is 186 Å². The average Bonchev–Trinajstić information content (AvgIpc) is 3.48. The topological polar surface area (TPSA) is 66.6 Å². The summed E-state index contributed by atoms with van der Waals surface area (Å²) in [6, 6.07) is 24.1. The highest BCUT2D eigenvalue weighted by molar-refractivity contribution is 5.91. The minimum atomic E-state index is 0.457. The maximum absolute atomic E-state index is 5.81. The summed E-state index contributed by atoms with van der Waals surface area (Å²) in [5.74, 6) is 0.617. The van der Waals surface area contributed by atoms with Gasteiger partial charge in [-0.25, -0.2) is 4.98 Å². The summed E-state index contributed by atoms with van der Waals surface area (Å²) in [5, 5.41) is 8.68. The molecule has 0 atom stereocenters. The van der Waals surface area contributed by atoms with Crippen LogP contribution in [0.25, 0.3) is 35.2 Å². The van der Waals surface area contributed by atoms with Crippen molar-refractivity contribution in [1.29, 1.82) is 0 Å². The second-order valence-corrected chi connectivity index (χ2v) is 7.36. The number of ether oxygens (including phenoxy) is 1. The fourth-order valence-electron chi connectivity index (χ4n) is 3.52. The predicted octanol–water partition coefficient (Wildman–Crippen LogP) is 6.21. The van der Waals surface area contributed by atoms with Crippen molar-refractivity contribution in [3.63, 3.8) is 0 Å². The van der Waals surface area contributed by atoms with Gasteiger partial charge < -0.3 is 9.72 Å². The van der Waals surface area contributed by atoms with Crippen molar-refractivity contribution in [3.05, 3.63) is 113 Å². The molecule has 0 fully saturated rings. The lowest BCUT2D eigenvalue weighted by Crippen LogP contribution is -1.98. The van der Waals surface area contributed by atoms with E-state index < -0.39 is 0 Å². The van der Waals surface area contributed by atoms with Crippen LogP contribution < -0.4 is 4.74 Å². The zero-order valence-electron chi connectivity index (χ0n) is 17.4. The van der Waals surface area contributed by atoms with E-state index in [1.807, 2.05) is 66.9 Å². The fourth-order valence-corrected chi connectivity index (χ4v) is 3.52. The molecule has 3 aromatic heterocycles. The van der Waals surface area contributed by atoms with Gasteiger partial charge in [-0.05, 0) is 47.0 Å². The molecule has 5 rings (SSSR count). The van der Waals surface area contributed by atoms with Crippen LogP contribution in [0.4, 0.5) is 0 Å². The van der Waals surface area contributed by atoms with Crippen LogP contribution in [0.2, 0.25) is 0 Å². The first kappa shape index (κ1) is 19.6. The molecule has 32 heavy (non-hydrogen) atoms. The molecule has 0 radical (unpaired) electrons. The maximum Gasteiger partial charge on any atom is 0.213 e. The zero-order valence-corrected chi connectivity index (χ0v) is 17.4. The number of nitrogens with one attached hydrogen (secondary N) is 2. The minimum absolute atomic E-state index is 0.457. The number of benzene rings is 2. The van der Waals surface area contributed by atoms with Gasteiger partial charge >= 0.3 is 0 Å². The number of pyridine rings is 1. The molecular weight excluding hydrogens is 396 g/mol. The molecular formula is C27H22N4O. The molecule has 5 nitrogen and oxygen atoms in total. The Kier molecular flexibility index (Phi) is 5.62. The van der Waals surface area contributed by atoms with E-state index in [-0.39, 0.29) is 0 Å². The third-order valence-corrected chi connectivity index (χ3v) is 5.18. The lowest BCUT2D eigenvalue weighted by atomic mass is 10.1. The molecule has 0 saturated carbocycles. The van der Waals surface area contributed by atoms with Crippen molar-refractivity contribution in [2.75, 3.05) is 0 Å². The van der Waals surface area contributed by atoms with Crippen LogP contribution in [0.1, 0.15) is 28.1 Å². The van der Waals surface area contributed by atoms with E-state index in [0.717, 1.165) is 33.6 Å². The van der Waals surface area contributed by atoms with E-state index in [1.165, 1.54) is 5.39 Å². The van der Waals surface area contributed by atoms with E-state index in [2.05, 4.69) is 56.6 Å². The van der Waals surface area contributed by atoms with Crippen molar-refractivity contribution < 1.29 is 4.74 Å². The second kappa shape index (κ2) is 9.18. The Morgan fingerprint density at radius 3 is 2.59 bits per heavy atom. The highest BCUT2D eigenvalue weighted by Crippen LogP contribution is 2.20. The van der Waals surface area contributed by atoms with Gasteiger partial charge in [-0.3, -0.25) is 5.10 Å². The van der Waals surface area contributed by atoms with Crippen LogP contribution >= 0.6 is 0 Å². The van der Waals surface area contributed by atoms with Gasteiger partial charge in [0.25, 0.3) is 0 Å². The molecule has 0 aliphatic heterocycles. The second-order valence-electron chi connectivity index (χ2n) is 7.36. The van der Waals surface area contributed by atoms with Gasteiger partial charge in [0.2, 0.25) is 5.88 Å². The van der Waals surface area contributed by atoms with Crippen molar-refractivity contribution in [3.8, 4) is 5.88 Å². The number of fused-ring (bicyclic) bond motifs is 1. The molecule has 0 aliphatic carbocycles. The number of hydrogen-bond acceptors (Lipinski definition) is 3. The number of para-hydroxylation sites is 1. The molecule has 0 amide bonds. The number of nitrogens with zero attached hydrogens (tertiary/aromatic N) is 2. The predicted molar refractivity (Wildman–Crippen MR) is 130 cm³/mol. The van der Waals surface area contributed by atoms with Crippen molar-refractivity contribution in [2.24, 2.45) is 0 Å². The van der Waals surface area contributed by atoms with Crippen molar-refractivity contribution in [2.45, 2.75) is 6.61 Å². The summed E-state index contributed by atoms with van der Waals surface area (Å²) in [6.45, 7) is 0.457. The number of hydrogen-bond donors (Lipinski definition) is 2. The first-order chi connectivity index (χ1) is 15.8. The summed E-state index contributed by atoms with van der Waals surface area (Å²) in [7, 11) is 0. The van der Waals surface area contributed by atoms with Gasteiger partial charge in [-0.15, -0.1) is 0 Å². The largest absolute Gasteiger partial charge is 0.473 e. The molecule has 156 valence electrons. The average molecular weight is 419 g/mol. The molecule has 0 aliphatic rings. The van der Waals surface area contributed by atoms with E-state index in [0.29, 0.717) is 12.5 Å². The van der Waals surface area contributed by atoms with Gasteiger partial charge in [0.15, 0.2) is 0 Å². The van der Waals surface area contributed by atoms with Crippen LogP contribution in [0, 0.1) is 0 Å². The summed E-state index contributed by atoms with van der Waals surface area (Å²) in [4.78, 5) is 7.50. The molecule has 2 N–H and O–H groups in total. The zero-order chi connectivity index (χ0) is 21.6. The molecule has 5 aromatic rings. The Hall–Kier alpha value is -4.38. The molecule has 0 spiro atoms. The number of H-pyrrole nitrogens is 2. The van der Waals surface area contributed by atoms with E-state index in [4.69, 9.17) is 4.74 Å². The first-order valence-corrected chi connectivity index (χ1v) is 10.4. The highest BCUT2D eigenvalue weighted by atomic mass is 16.5. The molecule has 5 heteroatoms. The summed E-state index contributed by atoms with van der Waals surface area (Å²) in [5.41, 5.74) is 6.26. The molecule has 2 aromatic carbocycles. The van der Waals surface area contributed by atoms with E-state index in [9.17, 15) is 0 Å². The monoisotopic (exact) mass is 418 g/mol. The Morgan fingerprint density at radius 1 is 0.812 bits per heavy atom. The Balaban J connectivity index is 1.28. The molecule has 0 unspecified atom stereocenters. The van der Waals surface area contributed by atoms with Crippen LogP contribution in [0.15, 0.2) is 85.2 Å². The molecule has 0 saturated heterocycles. The van der Waals surface area contributed by atoms with Gasteiger partial charge in [-0.1, -0.05) is 60.7 Å². The van der Waals surface area contributed by atoms with E-state index >= 15 is 0 Å². The molecule has 0 bridgehead atoms. The Bertz CT molecular complexity index is 1380.